The van der Waals surface area contributed by atoms with Gasteiger partial charge in [0.05, 0.1) is 23.3 Å². The first-order valence-corrected chi connectivity index (χ1v) is 6.67. The summed E-state index contributed by atoms with van der Waals surface area (Å²) < 4.78 is 5.76. The van der Waals surface area contributed by atoms with Crippen LogP contribution in [0.2, 0.25) is 0 Å². The van der Waals surface area contributed by atoms with E-state index in [0.29, 0.717) is 19.4 Å². The van der Waals surface area contributed by atoms with Crippen LogP contribution in [0.3, 0.4) is 0 Å². The van der Waals surface area contributed by atoms with Crippen molar-refractivity contribution in [3.8, 4) is 0 Å². The van der Waals surface area contributed by atoms with Crippen molar-refractivity contribution < 1.29 is 9.84 Å². The van der Waals surface area contributed by atoms with Gasteiger partial charge in [0, 0.05) is 23.9 Å². The van der Waals surface area contributed by atoms with Crippen molar-refractivity contribution in [2.75, 3.05) is 6.61 Å². The lowest BCUT2D eigenvalue weighted by molar-refractivity contribution is -0.152. The molecule has 0 spiro atoms. The van der Waals surface area contributed by atoms with E-state index >= 15 is 0 Å². The molecule has 90 valence electrons. The topological polar surface area (TPSA) is 42.4 Å². The molecule has 2 rings (SSSR count). The maximum Gasteiger partial charge on any atom is 0.0794 e. The summed E-state index contributed by atoms with van der Waals surface area (Å²) in [5.74, 6) is 0. The summed E-state index contributed by atoms with van der Waals surface area (Å²) in [4.78, 5) is 5.21. The molecule has 1 saturated heterocycles. The Morgan fingerprint density at radius 3 is 3.06 bits per heavy atom. The van der Waals surface area contributed by atoms with Crippen LogP contribution in [0.4, 0.5) is 0 Å². The van der Waals surface area contributed by atoms with Gasteiger partial charge in [0.15, 0.2) is 0 Å². The smallest absolute Gasteiger partial charge is 0.0794 e. The second-order valence-corrected chi connectivity index (χ2v) is 5.92. The molecule has 16 heavy (non-hydrogen) atoms. The highest BCUT2D eigenvalue weighted by molar-refractivity contribution is 7.09. The average Bonchev–Trinajstić information content (AvgIpc) is 2.69. The highest BCUT2D eigenvalue weighted by Gasteiger charge is 2.41. The molecule has 1 aromatic heterocycles. The van der Waals surface area contributed by atoms with E-state index in [0.717, 1.165) is 17.7 Å². The molecular weight excluding hydrogens is 222 g/mol. The van der Waals surface area contributed by atoms with Crippen molar-refractivity contribution in [1.82, 2.24) is 4.98 Å². The van der Waals surface area contributed by atoms with Gasteiger partial charge in [-0.05, 0) is 19.8 Å². The first-order chi connectivity index (χ1) is 7.55. The molecular formula is C12H19NO2S. The van der Waals surface area contributed by atoms with Gasteiger partial charge in [0.2, 0.25) is 0 Å². The molecule has 0 bridgehead atoms. The molecule has 2 atom stereocenters. The average molecular weight is 241 g/mol. The van der Waals surface area contributed by atoms with Gasteiger partial charge < -0.3 is 9.84 Å². The van der Waals surface area contributed by atoms with Gasteiger partial charge in [-0.3, -0.25) is 4.98 Å². The van der Waals surface area contributed by atoms with Crippen LogP contribution in [0.15, 0.2) is 11.7 Å². The second-order valence-electron chi connectivity index (χ2n) is 4.95. The zero-order chi connectivity index (χ0) is 11.6. The Morgan fingerprint density at radius 2 is 2.44 bits per heavy atom. The van der Waals surface area contributed by atoms with Crippen molar-refractivity contribution in [2.45, 2.75) is 50.7 Å². The minimum atomic E-state index is -0.616. The van der Waals surface area contributed by atoms with Gasteiger partial charge in [-0.25, -0.2) is 0 Å². The zero-order valence-corrected chi connectivity index (χ0v) is 10.7. The Morgan fingerprint density at radius 1 is 1.62 bits per heavy atom. The lowest BCUT2D eigenvalue weighted by atomic mass is 9.80. The van der Waals surface area contributed by atoms with Gasteiger partial charge in [-0.15, -0.1) is 11.3 Å². The number of aromatic nitrogens is 1. The molecule has 0 aliphatic carbocycles. The van der Waals surface area contributed by atoms with Crippen LogP contribution in [0.5, 0.6) is 0 Å². The molecule has 4 heteroatoms. The van der Waals surface area contributed by atoms with E-state index in [1.807, 2.05) is 11.7 Å². The van der Waals surface area contributed by atoms with Crippen molar-refractivity contribution in [3.63, 3.8) is 0 Å². The molecule has 0 radical (unpaired) electrons. The van der Waals surface area contributed by atoms with Gasteiger partial charge in [0.25, 0.3) is 0 Å². The summed E-state index contributed by atoms with van der Waals surface area (Å²) in [5.41, 5.74) is 1.03. The number of ether oxygens (including phenoxy) is 1. The highest BCUT2D eigenvalue weighted by atomic mass is 32.1. The Bertz CT molecular complexity index is 341. The molecule has 1 aliphatic heterocycles. The van der Waals surface area contributed by atoms with Gasteiger partial charge >= 0.3 is 0 Å². The first kappa shape index (κ1) is 12.0. The lowest BCUT2D eigenvalue weighted by Gasteiger charge is -2.43. The van der Waals surface area contributed by atoms with Crippen LogP contribution in [0.1, 0.15) is 38.0 Å². The largest absolute Gasteiger partial charge is 0.389 e. The van der Waals surface area contributed by atoms with Crippen LogP contribution in [0.25, 0.3) is 0 Å². The molecule has 0 amide bonds. The fraction of sp³-hybridized carbons (Fsp3) is 0.750. The van der Waals surface area contributed by atoms with Crippen molar-refractivity contribution >= 4 is 11.3 Å². The predicted molar refractivity (Wildman–Crippen MR) is 64.6 cm³/mol. The summed E-state index contributed by atoms with van der Waals surface area (Å²) in [6, 6.07) is 0. The van der Waals surface area contributed by atoms with Crippen LogP contribution >= 0.6 is 11.3 Å². The molecule has 1 N–H and O–H groups in total. The summed E-state index contributed by atoms with van der Waals surface area (Å²) >= 11 is 1.61. The van der Waals surface area contributed by atoms with E-state index in [9.17, 15) is 5.11 Å². The maximum absolute atomic E-state index is 10.6. The van der Waals surface area contributed by atoms with E-state index < -0.39 is 5.60 Å². The Labute approximate surface area is 100 Å². The van der Waals surface area contributed by atoms with Crippen LogP contribution < -0.4 is 0 Å². The molecule has 2 heterocycles. The molecule has 2 unspecified atom stereocenters. The standard InChI is InChI=1S/C12H19NO2S/c1-3-11(2)8-12(14,4-5-15-11)6-10-7-13-9-16-10/h7,9,14H,3-6,8H2,1-2H3. The first-order valence-electron chi connectivity index (χ1n) is 5.79. The van der Waals surface area contributed by atoms with Crippen LogP contribution in [-0.2, 0) is 11.2 Å². The summed E-state index contributed by atoms with van der Waals surface area (Å²) in [6.07, 6.45) is 4.94. The molecule has 1 fully saturated rings. The molecule has 0 aromatic carbocycles. The number of nitrogens with zero attached hydrogens (tertiary/aromatic N) is 1. The van der Waals surface area contributed by atoms with Crippen molar-refractivity contribution in [3.05, 3.63) is 16.6 Å². The van der Waals surface area contributed by atoms with Crippen LogP contribution in [-0.4, -0.2) is 27.9 Å². The minimum absolute atomic E-state index is 0.169. The summed E-state index contributed by atoms with van der Waals surface area (Å²) in [5, 5.41) is 10.6. The van der Waals surface area contributed by atoms with E-state index in [2.05, 4.69) is 18.8 Å². The van der Waals surface area contributed by atoms with E-state index in [4.69, 9.17) is 4.74 Å². The SMILES string of the molecule is CCC1(C)CC(O)(Cc2cncs2)CCO1. The highest BCUT2D eigenvalue weighted by Crippen LogP contribution is 2.36. The molecule has 1 aliphatic rings. The maximum atomic E-state index is 10.6. The number of rotatable bonds is 3. The Balaban J connectivity index is 2.06. The minimum Gasteiger partial charge on any atom is -0.389 e. The molecule has 1 aromatic rings. The number of thiazole rings is 1. The Kier molecular flexibility index (Phi) is 3.33. The van der Waals surface area contributed by atoms with E-state index in [-0.39, 0.29) is 5.60 Å². The van der Waals surface area contributed by atoms with Crippen molar-refractivity contribution in [2.24, 2.45) is 0 Å². The Hall–Kier alpha value is -0.450. The van der Waals surface area contributed by atoms with Crippen molar-refractivity contribution in [1.29, 1.82) is 0 Å². The van der Waals surface area contributed by atoms with E-state index in [1.54, 1.807) is 11.3 Å². The lowest BCUT2D eigenvalue weighted by Crippen LogP contribution is -2.48. The fourth-order valence-corrected chi connectivity index (χ4v) is 3.09. The predicted octanol–water partition coefficient (Wildman–Crippen LogP) is 2.40. The quantitative estimate of drug-likeness (QED) is 0.883. The third kappa shape index (κ3) is 2.62. The van der Waals surface area contributed by atoms with Gasteiger partial charge in [-0.2, -0.15) is 0 Å². The second kappa shape index (κ2) is 4.43. The normalized spacial score (nSPS) is 35.2. The number of hydrogen-bond acceptors (Lipinski definition) is 4. The third-order valence-electron chi connectivity index (χ3n) is 3.46. The summed E-state index contributed by atoms with van der Waals surface area (Å²) in [7, 11) is 0. The monoisotopic (exact) mass is 241 g/mol. The molecule has 3 nitrogen and oxygen atoms in total. The third-order valence-corrected chi connectivity index (χ3v) is 4.24. The molecule has 0 saturated carbocycles. The van der Waals surface area contributed by atoms with Gasteiger partial charge in [-0.1, -0.05) is 6.92 Å². The fourth-order valence-electron chi connectivity index (χ4n) is 2.35. The van der Waals surface area contributed by atoms with E-state index in [1.165, 1.54) is 0 Å². The zero-order valence-electron chi connectivity index (χ0n) is 9.90. The van der Waals surface area contributed by atoms with Gasteiger partial charge in [0.1, 0.15) is 0 Å². The summed E-state index contributed by atoms with van der Waals surface area (Å²) in [6.45, 7) is 4.85. The number of hydrogen-bond donors (Lipinski definition) is 1. The van der Waals surface area contributed by atoms with Crippen LogP contribution in [0, 0.1) is 0 Å². The number of aliphatic hydroxyl groups is 1.